The summed E-state index contributed by atoms with van der Waals surface area (Å²) < 4.78 is 9.17. The van der Waals surface area contributed by atoms with Gasteiger partial charge in [-0.15, -0.1) is 0 Å². The number of fused-ring (bicyclic) bond motifs is 1. The van der Waals surface area contributed by atoms with E-state index in [1.807, 2.05) is 0 Å². The lowest BCUT2D eigenvalue weighted by Gasteiger charge is -2.27. The van der Waals surface area contributed by atoms with Crippen molar-refractivity contribution < 1.29 is 68.3 Å². The second-order valence-electron chi connectivity index (χ2n) is 9.10. The van der Waals surface area contributed by atoms with Crippen LogP contribution in [0.2, 0.25) is 0 Å². The normalized spacial score (nSPS) is 32.6. The number of cyclic esters (lactones) is 4. The van der Waals surface area contributed by atoms with Crippen LogP contribution in [0.25, 0.3) is 0 Å². The number of ether oxygens (including phenoxy) is 2. The van der Waals surface area contributed by atoms with E-state index in [-0.39, 0.29) is 12.3 Å². The highest BCUT2D eigenvalue weighted by Gasteiger charge is 2.51. The zero-order chi connectivity index (χ0) is 27.8. The maximum absolute atomic E-state index is 11.6. The third-order valence-electron chi connectivity index (χ3n) is 6.88. The first-order valence-electron chi connectivity index (χ1n) is 11.0. The highest BCUT2D eigenvalue weighted by atomic mass is 16.6. The van der Waals surface area contributed by atoms with Crippen LogP contribution in [0, 0.1) is 41.4 Å². The van der Waals surface area contributed by atoms with Crippen molar-refractivity contribution in [2.45, 2.75) is 26.2 Å². The number of aliphatic carboxylic acids is 4. The maximum Gasteiger partial charge on any atom is 0.332 e. The summed E-state index contributed by atoms with van der Waals surface area (Å²) in [7, 11) is 0. The number of rotatable bonds is 5. The average Bonchev–Trinajstić information content (AvgIpc) is 3.29. The molecule has 0 aromatic rings. The third-order valence-corrected chi connectivity index (χ3v) is 6.88. The molecule has 7 unspecified atom stereocenters. The molecule has 2 aliphatic heterocycles. The minimum Gasteiger partial charge on any atom is -0.481 e. The van der Waals surface area contributed by atoms with Gasteiger partial charge in [-0.1, -0.05) is 17.7 Å². The quantitative estimate of drug-likeness (QED) is 0.209. The van der Waals surface area contributed by atoms with Gasteiger partial charge in [0, 0.05) is 5.57 Å². The van der Waals surface area contributed by atoms with E-state index >= 15 is 0 Å². The molecular weight excluding hydrogens is 500 g/mol. The van der Waals surface area contributed by atoms with Gasteiger partial charge in [-0.25, -0.2) is 4.79 Å². The summed E-state index contributed by atoms with van der Waals surface area (Å²) in [6.45, 7) is 1.74. The number of esters is 4. The monoisotopic (exact) mass is 522 g/mol. The lowest BCUT2D eigenvalue weighted by atomic mass is 9.72. The molecular formula is C23H22O14. The van der Waals surface area contributed by atoms with Gasteiger partial charge in [-0.3, -0.25) is 33.6 Å². The number of carboxylic acid groups (broad SMARTS) is 4. The van der Waals surface area contributed by atoms with Gasteiger partial charge < -0.3 is 29.9 Å². The van der Waals surface area contributed by atoms with Crippen molar-refractivity contribution in [1.82, 2.24) is 0 Å². The zero-order valence-corrected chi connectivity index (χ0v) is 19.2. The Morgan fingerprint density at radius 2 is 1.41 bits per heavy atom. The van der Waals surface area contributed by atoms with Gasteiger partial charge in [0.1, 0.15) is 0 Å². The fourth-order valence-electron chi connectivity index (χ4n) is 5.08. The van der Waals surface area contributed by atoms with Crippen LogP contribution in [0.3, 0.4) is 0 Å². The molecule has 0 spiro atoms. The Morgan fingerprint density at radius 3 is 1.89 bits per heavy atom. The molecule has 14 nitrogen and oxygen atoms in total. The first-order chi connectivity index (χ1) is 17.2. The van der Waals surface area contributed by atoms with Crippen LogP contribution in [0.4, 0.5) is 0 Å². The summed E-state index contributed by atoms with van der Waals surface area (Å²) in [4.78, 5) is 89.3. The number of allylic oxidation sites excluding steroid dienone is 1. The maximum atomic E-state index is 11.6. The van der Waals surface area contributed by atoms with E-state index in [0.29, 0.717) is 12.5 Å². The van der Waals surface area contributed by atoms with Crippen molar-refractivity contribution in [3.63, 3.8) is 0 Å². The third kappa shape index (κ3) is 5.42. The summed E-state index contributed by atoms with van der Waals surface area (Å²) in [6.07, 6.45) is 2.32. The molecule has 4 aliphatic rings. The standard InChI is InChI=1S/C13H12O6.C10H10O8/c1-5-2-6(7-4-9(14)18-11(7)15)3-8-10(5)13(17)19-12(8)16;11-7(12)3-1-4(8(13)14)6(10(17)18)2-5(3)9(15)16/h2,6-8,10H,3-4H2,1H3;1,3,5-6H,2H2,(H,11,12)(H,13,14)(H,15,16)(H,17,18). The highest BCUT2D eigenvalue weighted by Crippen LogP contribution is 2.43. The molecule has 2 aliphatic carbocycles. The van der Waals surface area contributed by atoms with Crippen LogP contribution in [0.1, 0.15) is 26.2 Å². The second-order valence-corrected chi connectivity index (χ2v) is 9.10. The summed E-state index contributed by atoms with van der Waals surface area (Å²) in [5, 5.41) is 35.3. The summed E-state index contributed by atoms with van der Waals surface area (Å²) >= 11 is 0. The largest absolute Gasteiger partial charge is 0.481 e. The molecule has 4 rings (SSSR count). The first kappa shape index (κ1) is 27.2. The molecule has 0 radical (unpaired) electrons. The highest BCUT2D eigenvalue weighted by molar-refractivity contribution is 5.99. The molecule has 0 bridgehead atoms. The lowest BCUT2D eigenvalue weighted by Crippen LogP contribution is -2.38. The van der Waals surface area contributed by atoms with Gasteiger partial charge in [0.15, 0.2) is 0 Å². The predicted molar refractivity (Wildman–Crippen MR) is 113 cm³/mol. The molecule has 37 heavy (non-hydrogen) atoms. The lowest BCUT2D eigenvalue weighted by molar-refractivity contribution is -0.155. The Hall–Kier alpha value is -4.36. The number of carbonyl (C=O) groups excluding carboxylic acids is 4. The summed E-state index contributed by atoms with van der Waals surface area (Å²) in [6, 6.07) is 0. The number of hydrogen-bond donors (Lipinski definition) is 4. The van der Waals surface area contributed by atoms with Crippen molar-refractivity contribution in [3.8, 4) is 0 Å². The van der Waals surface area contributed by atoms with Crippen LogP contribution < -0.4 is 0 Å². The minimum atomic E-state index is -1.56. The molecule has 2 heterocycles. The van der Waals surface area contributed by atoms with Crippen molar-refractivity contribution in [1.29, 1.82) is 0 Å². The minimum absolute atomic E-state index is 0.0354. The van der Waals surface area contributed by atoms with E-state index < -0.39 is 95.3 Å². The topological polar surface area (TPSA) is 236 Å². The molecule has 0 aromatic heterocycles. The molecule has 198 valence electrons. The van der Waals surface area contributed by atoms with E-state index in [2.05, 4.69) is 9.47 Å². The van der Waals surface area contributed by atoms with E-state index in [0.717, 1.165) is 5.57 Å². The van der Waals surface area contributed by atoms with Crippen LogP contribution in [0.5, 0.6) is 0 Å². The van der Waals surface area contributed by atoms with E-state index in [1.165, 1.54) is 0 Å². The molecule has 4 N–H and O–H groups in total. The Kier molecular flexibility index (Phi) is 7.60. The molecule has 14 heteroatoms. The van der Waals surface area contributed by atoms with E-state index in [1.54, 1.807) is 13.0 Å². The molecule has 2 fully saturated rings. The van der Waals surface area contributed by atoms with Gasteiger partial charge in [-0.2, -0.15) is 0 Å². The Labute approximate surface area is 207 Å². The van der Waals surface area contributed by atoms with Crippen molar-refractivity contribution in [2.75, 3.05) is 0 Å². The fraction of sp³-hybridized carbons (Fsp3) is 0.478. The first-order valence-corrected chi connectivity index (χ1v) is 11.0. The van der Waals surface area contributed by atoms with Crippen molar-refractivity contribution in [3.05, 3.63) is 23.3 Å². The molecule has 2 saturated heterocycles. The average molecular weight is 522 g/mol. The molecule has 7 atom stereocenters. The van der Waals surface area contributed by atoms with Crippen molar-refractivity contribution in [2.24, 2.45) is 41.4 Å². The van der Waals surface area contributed by atoms with Crippen molar-refractivity contribution >= 4 is 47.8 Å². The molecule has 0 amide bonds. The molecule has 0 saturated carbocycles. The van der Waals surface area contributed by atoms with Crippen LogP contribution in [-0.2, 0) is 47.8 Å². The number of hydrogen-bond acceptors (Lipinski definition) is 10. The molecule has 0 aromatic carbocycles. The van der Waals surface area contributed by atoms with Gasteiger partial charge in [0.2, 0.25) is 0 Å². The Morgan fingerprint density at radius 1 is 0.784 bits per heavy atom. The number of carbonyl (C=O) groups is 8. The second kappa shape index (κ2) is 10.3. The Balaban J connectivity index is 0.000000206. The van der Waals surface area contributed by atoms with Crippen LogP contribution in [0.15, 0.2) is 23.3 Å². The van der Waals surface area contributed by atoms with Gasteiger partial charge in [0.05, 0.1) is 41.9 Å². The summed E-state index contributed by atoms with van der Waals surface area (Å²) in [5.74, 6) is -14.5. The van der Waals surface area contributed by atoms with E-state index in [4.69, 9.17) is 20.4 Å². The van der Waals surface area contributed by atoms with Gasteiger partial charge in [0.25, 0.3) is 0 Å². The number of carboxylic acids is 4. The van der Waals surface area contributed by atoms with E-state index in [9.17, 15) is 38.4 Å². The predicted octanol–water partition coefficient (Wildman–Crippen LogP) is -0.138. The Bertz CT molecular complexity index is 1160. The smallest absolute Gasteiger partial charge is 0.332 e. The van der Waals surface area contributed by atoms with Crippen LogP contribution in [-0.4, -0.2) is 68.2 Å². The zero-order valence-electron chi connectivity index (χ0n) is 19.2. The van der Waals surface area contributed by atoms with Crippen LogP contribution >= 0.6 is 0 Å². The van der Waals surface area contributed by atoms with Gasteiger partial charge >= 0.3 is 47.8 Å². The summed E-state index contributed by atoms with van der Waals surface area (Å²) in [5.41, 5.74) is 0.136. The fourth-order valence-corrected chi connectivity index (χ4v) is 5.08. The SMILES string of the molecule is CC1=CC(C2CC(=O)OC2=O)CC2C(=O)OC(=O)C12.O=C(O)C1=CC(C(=O)O)C(C(=O)O)CC1C(=O)O. The van der Waals surface area contributed by atoms with Gasteiger partial charge in [-0.05, 0) is 25.7 Å².